The number of hydrogen-bond donors (Lipinski definition) is 1. The van der Waals surface area contributed by atoms with Crippen molar-refractivity contribution >= 4 is 46.3 Å². The third kappa shape index (κ3) is 4.37. The Morgan fingerprint density at radius 2 is 2.12 bits per heavy atom. The van der Waals surface area contributed by atoms with Crippen molar-refractivity contribution in [3.8, 4) is 11.5 Å². The molecule has 0 aliphatic carbocycles. The standard InChI is InChI=1S/C18H21NO5S2/c1-4-5-6-13(17(21)22)19-16(20)15(26-18(19)25)10-11-9-12(23-2)7-8-14(11)24-3/h7-10,13H,4-6H2,1-3H3,(H,21,22)/b15-10-/t13-/m0/s1. The van der Waals surface area contributed by atoms with Crippen molar-refractivity contribution in [1.82, 2.24) is 4.90 Å². The van der Waals surface area contributed by atoms with Crippen molar-refractivity contribution in [1.29, 1.82) is 0 Å². The number of thioether (sulfide) groups is 1. The Morgan fingerprint density at radius 1 is 1.38 bits per heavy atom. The third-order valence-electron chi connectivity index (χ3n) is 3.97. The van der Waals surface area contributed by atoms with Crippen molar-refractivity contribution in [2.24, 2.45) is 0 Å². The highest BCUT2D eigenvalue weighted by atomic mass is 32.2. The average molecular weight is 396 g/mol. The van der Waals surface area contributed by atoms with Gasteiger partial charge in [0.25, 0.3) is 5.91 Å². The molecule has 1 aromatic carbocycles. The molecule has 8 heteroatoms. The topological polar surface area (TPSA) is 76.1 Å². The first-order valence-electron chi connectivity index (χ1n) is 8.14. The van der Waals surface area contributed by atoms with Crippen molar-refractivity contribution < 1.29 is 24.2 Å². The van der Waals surface area contributed by atoms with E-state index in [0.29, 0.717) is 34.8 Å². The summed E-state index contributed by atoms with van der Waals surface area (Å²) in [6.07, 6.45) is 3.57. The summed E-state index contributed by atoms with van der Waals surface area (Å²) in [6, 6.07) is 4.30. The van der Waals surface area contributed by atoms with Crippen LogP contribution in [-0.2, 0) is 9.59 Å². The second-order valence-electron chi connectivity index (χ2n) is 5.66. The smallest absolute Gasteiger partial charge is 0.326 e. The van der Waals surface area contributed by atoms with Crippen LogP contribution in [0.2, 0.25) is 0 Å². The van der Waals surface area contributed by atoms with Gasteiger partial charge in [0, 0.05) is 5.56 Å². The number of amides is 1. The van der Waals surface area contributed by atoms with E-state index in [9.17, 15) is 14.7 Å². The second kappa shape index (κ2) is 9.05. The first-order chi connectivity index (χ1) is 12.4. The molecule has 1 N–H and O–H groups in total. The first kappa shape index (κ1) is 20.3. The molecule has 0 aromatic heterocycles. The molecule has 0 spiro atoms. The molecule has 2 rings (SSSR count). The van der Waals surface area contributed by atoms with E-state index >= 15 is 0 Å². The van der Waals surface area contributed by atoms with Crippen LogP contribution in [0.3, 0.4) is 0 Å². The molecular weight excluding hydrogens is 374 g/mol. The van der Waals surface area contributed by atoms with Crippen molar-refractivity contribution in [3.63, 3.8) is 0 Å². The van der Waals surface area contributed by atoms with Crippen LogP contribution in [0.15, 0.2) is 23.1 Å². The summed E-state index contributed by atoms with van der Waals surface area (Å²) in [6.45, 7) is 1.97. The highest BCUT2D eigenvalue weighted by Crippen LogP contribution is 2.37. The summed E-state index contributed by atoms with van der Waals surface area (Å²) in [5.74, 6) is -0.237. The molecule has 1 saturated heterocycles. The van der Waals surface area contributed by atoms with Crippen molar-refractivity contribution in [2.75, 3.05) is 14.2 Å². The molecular formula is C18H21NO5S2. The highest BCUT2D eigenvalue weighted by Gasteiger charge is 2.40. The number of rotatable bonds is 8. The minimum Gasteiger partial charge on any atom is -0.497 e. The predicted molar refractivity (Wildman–Crippen MR) is 106 cm³/mol. The van der Waals surface area contributed by atoms with E-state index in [4.69, 9.17) is 21.7 Å². The van der Waals surface area contributed by atoms with Crippen LogP contribution < -0.4 is 9.47 Å². The fourth-order valence-electron chi connectivity index (χ4n) is 2.60. The number of ether oxygens (including phenoxy) is 2. The summed E-state index contributed by atoms with van der Waals surface area (Å²) in [4.78, 5) is 26.0. The maximum Gasteiger partial charge on any atom is 0.326 e. The zero-order valence-corrected chi connectivity index (χ0v) is 16.5. The van der Waals surface area contributed by atoms with Gasteiger partial charge in [-0.3, -0.25) is 9.69 Å². The van der Waals surface area contributed by atoms with E-state index in [1.54, 1.807) is 31.4 Å². The van der Waals surface area contributed by atoms with Gasteiger partial charge in [0.2, 0.25) is 0 Å². The second-order valence-corrected chi connectivity index (χ2v) is 7.33. The van der Waals surface area contributed by atoms with E-state index in [-0.39, 0.29) is 4.32 Å². The number of aliphatic carboxylic acids is 1. The quantitative estimate of drug-likeness (QED) is 0.533. The zero-order chi connectivity index (χ0) is 19.3. The number of benzene rings is 1. The molecule has 140 valence electrons. The number of thiocarbonyl (C=S) groups is 1. The molecule has 6 nitrogen and oxygen atoms in total. The number of methoxy groups -OCH3 is 2. The first-order valence-corrected chi connectivity index (χ1v) is 9.37. The Hall–Kier alpha value is -2.06. The number of carbonyl (C=O) groups excluding carboxylic acids is 1. The molecule has 0 saturated carbocycles. The van der Waals surface area contributed by atoms with Crippen LogP contribution in [-0.4, -0.2) is 46.5 Å². The Morgan fingerprint density at radius 3 is 2.69 bits per heavy atom. The third-order valence-corrected chi connectivity index (χ3v) is 5.31. The lowest BCUT2D eigenvalue weighted by molar-refractivity contribution is -0.145. The molecule has 0 unspecified atom stereocenters. The number of carboxylic acid groups (broad SMARTS) is 1. The van der Waals surface area contributed by atoms with Gasteiger partial charge in [-0.25, -0.2) is 4.79 Å². The van der Waals surface area contributed by atoms with E-state index in [2.05, 4.69) is 0 Å². The van der Waals surface area contributed by atoms with Crippen LogP contribution in [0.25, 0.3) is 6.08 Å². The maximum atomic E-state index is 12.8. The molecule has 1 aromatic rings. The lowest BCUT2D eigenvalue weighted by atomic mass is 10.1. The van der Waals surface area contributed by atoms with Crippen molar-refractivity contribution in [3.05, 3.63) is 28.7 Å². The largest absolute Gasteiger partial charge is 0.497 e. The van der Waals surface area contributed by atoms with E-state index in [1.165, 1.54) is 12.0 Å². The van der Waals surface area contributed by atoms with E-state index in [0.717, 1.165) is 18.2 Å². The predicted octanol–water partition coefficient (Wildman–Crippen LogP) is 3.55. The number of nitrogens with zero attached hydrogens (tertiary/aromatic N) is 1. The summed E-state index contributed by atoms with van der Waals surface area (Å²) < 4.78 is 10.8. The fourth-order valence-corrected chi connectivity index (χ4v) is 3.95. The summed E-state index contributed by atoms with van der Waals surface area (Å²) >= 11 is 6.37. The summed E-state index contributed by atoms with van der Waals surface area (Å²) in [7, 11) is 3.09. The maximum absolute atomic E-state index is 12.8. The number of hydrogen-bond acceptors (Lipinski definition) is 6. The minimum absolute atomic E-state index is 0.256. The molecule has 1 atom stereocenters. The molecule has 0 bridgehead atoms. The van der Waals surface area contributed by atoms with Gasteiger partial charge in [-0.15, -0.1) is 0 Å². The number of carbonyl (C=O) groups is 2. The van der Waals surface area contributed by atoms with Crippen LogP contribution in [0.5, 0.6) is 11.5 Å². The van der Waals surface area contributed by atoms with E-state index in [1.807, 2.05) is 6.92 Å². The van der Waals surface area contributed by atoms with Gasteiger partial charge in [-0.1, -0.05) is 43.7 Å². The normalized spacial score (nSPS) is 16.9. The van der Waals surface area contributed by atoms with Crippen LogP contribution in [0, 0.1) is 0 Å². The van der Waals surface area contributed by atoms with Crippen LogP contribution in [0.4, 0.5) is 0 Å². The van der Waals surface area contributed by atoms with E-state index < -0.39 is 17.9 Å². The minimum atomic E-state index is -1.05. The van der Waals surface area contributed by atoms with Gasteiger partial charge in [-0.05, 0) is 30.7 Å². The van der Waals surface area contributed by atoms with Crippen molar-refractivity contribution in [2.45, 2.75) is 32.2 Å². The number of carboxylic acids is 1. The monoisotopic (exact) mass is 395 g/mol. The molecule has 0 radical (unpaired) electrons. The molecule has 1 heterocycles. The average Bonchev–Trinajstić information content (AvgIpc) is 2.89. The Labute approximate surface area is 162 Å². The van der Waals surface area contributed by atoms with Gasteiger partial charge in [0.15, 0.2) is 0 Å². The Kier molecular flexibility index (Phi) is 7.05. The lowest BCUT2D eigenvalue weighted by Gasteiger charge is -2.22. The Bertz CT molecular complexity index is 747. The van der Waals surface area contributed by atoms with Crippen LogP contribution >= 0.6 is 24.0 Å². The summed E-state index contributed by atoms with van der Waals surface area (Å²) in [5.41, 5.74) is 0.660. The lowest BCUT2D eigenvalue weighted by Crippen LogP contribution is -2.43. The Balaban J connectivity index is 2.36. The van der Waals surface area contributed by atoms with Gasteiger partial charge >= 0.3 is 5.97 Å². The zero-order valence-electron chi connectivity index (χ0n) is 14.9. The SMILES string of the molecule is CCCC[C@@H](C(=O)O)N1C(=O)/C(=C/c2cc(OC)ccc2OC)SC1=S. The molecule has 1 aliphatic rings. The number of unbranched alkanes of at least 4 members (excludes halogenated alkanes) is 1. The highest BCUT2D eigenvalue weighted by molar-refractivity contribution is 8.26. The molecule has 1 fully saturated rings. The molecule has 1 aliphatic heterocycles. The molecule has 1 amide bonds. The van der Waals surface area contributed by atoms with Gasteiger partial charge in [0.05, 0.1) is 19.1 Å². The van der Waals surface area contributed by atoms with Gasteiger partial charge in [-0.2, -0.15) is 0 Å². The van der Waals surface area contributed by atoms with Crippen LogP contribution in [0.1, 0.15) is 31.7 Å². The fraction of sp³-hybridized carbons (Fsp3) is 0.389. The summed E-state index contributed by atoms with van der Waals surface area (Å²) in [5, 5.41) is 9.50. The van der Waals surface area contributed by atoms with Gasteiger partial charge in [0.1, 0.15) is 21.9 Å². The molecule has 26 heavy (non-hydrogen) atoms. The van der Waals surface area contributed by atoms with Gasteiger partial charge < -0.3 is 14.6 Å².